The van der Waals surface area contributed by atoms with Crippen LogP contribution in [0.5, 0.6) is 0 Å². The summed E-state index contributed by atoms with van der Waals surface area (Å²) in [5, 5.41) is 0. The summed E-state index contributed by atoms with van der Waals surface area (Å²) in [4.78, 5) is 2.62. The van der Waals surface area contributed by atoms with E-state index in [0.29, 0.717) is 12.1 Å². The van der Waals surface area contributed by atoms with E-state index in [0.717, 1.165) is 13.0 Å². The number of fused-ring (bicyclic) bond motifs is 2. The van der Waals surface area contributed by atoms with Crippen molar-refractivity contribution in [1.29, 1.82) is 0 Å². The molecule has 0 spiro atoms. The van der Waals surface area contributed by atoms with Crippen molar-refractivity contribution in [3.05, 3.63) is 11.5 Å². The summed E-state index contributed by atoms with van der Waals surface area (Å²) in [7, 11) is -0.132. The normalized spacial score (nSPS) is 36.7. The minimum Gasteiger partial charge on any atom is -0.400 e. The molecule has 2 bridgehead atoms. The van der Waals surface area contributed by atoms with Gasteiger partial charge in [-0.2, -0.15) is 0 Å². The van der Waals surface area contributed by atoms with Crippen molar-refractivity contribution in [2.75, 3.05) is 6.54 Å². The summed E-state index contributed by atoms with van der Waals surface area (Å²) in [5.41, 5.74) is 0.926. The van der Waals surface area contributed by atoms with Gasteiger partial charge in [-0.3, -0.25) is 4.90 Å². The van der Waals surface area contributed by atoms with Crippen molar-refractivity contribution in [3.63, 3.8) is 0 Å². The van der Waals surface area contributed by atoms with E-state index in [-0.39, 0.29) is 18.3 Å². The molecule has 3 aliphatic heterocycles. The molecule has 3 heterocycles. The van der Waals surface area contributed by atoms with Crippen LogP contribution in [0.25, 0.3) is 0 Å². The van der Waals surface area contributed by atoms with Crippen LogP contribution in [0.1, 0.15) is 53.9 Å². The number of rotatable bonds is 2. The molecule has 0 radical (unpaired) electrons. The van der Waals surface area contributed by atoms with Gasteiger partial charge in [0.2, 0.25) is 0 Å². The van der Waals surface area contributed by atoms with E-state index >= 15 is 0 Å². The highest BCUT2D eigenvalue weighted by Crippen LogP contribution is 2.42. The molecule has 19 heavy (non-hydrogen) atoms. The zero-order valence-corrected chi connectivity index (χ0v) is 12.9. The third-order valence-electron chi connectivity index (χ3n) is 5.49. The molecule has 3 aliphatic rings. The van der Waals surface area contributed by atoms with Crippen LogP contribution in [-0.4, -0.2) is 41.8 Å². The Morgan fingerprint density at radius 3 is 2.37 bits per heavy atom. The van der Waals surface area contributed by atoms with Gasteiger partial charge in [-0.1, -0.05) is 13.0 Å². The monoisotopic (exact) mass is 263 g/mol. The zero-order chi connectivity index (χ0) is 13.8. The predicted molar refractivity (Wildman–Crippen MR) is 78.0 cm³/mol. The van der Waals surface area contributed by atoms with Crippen LogP contribution in [-0.2, 0) is 9.31 Å². The standard InChI is InChI=1S/C15H26BNO2/c1-6-17-12-7-8-13(17)10-11(9-12)16-18-14(2,3)15(4,5)19-16/h9,12-13H,6-8,10H2,1-5H3/t12-,13-/m1/s1. The van der Waals surface area contributed by atoms with E-state index < -0.39 is 0 Å². The van der Waals surface area contributed by atoms with Gasteiger partial charge in [0.05, 0.1) is 11.2 Å². The Morgan fingerprint density at radius 2 is 1.84 bits per heavy atom. The maximum absolute atomic E-state index is 6.19. The molecule has 0 aliphatic carbocycles. The van der Waals surface area contributed by atoms with Crippen LogP contribution in [0.15, 0.2) is 11.5 Å². The van der Waals surface area contributed by atoms with E-state index in [4.69, 9.17) is 9.31 Å². The Kier molecular flexibility index (Phi) is 3.12. The fourth-order valence-corrected chi connectivity index (χ4v) is 3.61. The van der Waals surface area contributed by atoms with E-state index in [1.165, 1.54) is 18.3 Å². The van der Waals surface area contributed by atoms with E-state index in [2.05, 4.69) is 45.6 Å². The quantitative estimate of drug-likeness (QED) is 0.715. The molecule has 0 N–H and O–H groups in total. The molecule has 106 valence electrons. The molecule has 3 nitrogen and oxygen atoms in total. The largest absolute Gasteiger partial charge is 0.490 e. The van der Waals surface area contributed by atoms with Gasteiger partial charge in [0.1, 0.15) is 0 Å². The third-order valence-corrected chi connectivity index (χ3v) is 5.49. The maximum Gasteiger partial charge on any atom is 0.490 e. The van der Waals surface area contributed by atoms with Gasteiger partial charge < -0.3 is 9.31 Å². The summed E-state index contributed by atoms with van der Waals surface area (Å²) in [5.74, 6) is 0. The highest BCUT2D eigenvalue weighted by atomic mass is 16.7. The average molecular weight is 263 g/mol. The Balaban J connectivity index is 1.79. The lowest BCUT2D eigenvalue weighted by molar-refractivity contribution is 0.00578. The predicted octanol–water partition coefficient (Wildman–Crippen LogP) is 2.80. The van der Waals surface area contributed by atoms with Crippen LogP contribution < -0.4 is 0 Å². The zero-order valence-electron chi connectivity index (χ0n) is 12.9. The first kappa shape index (κ1) is 13.7. The number of likely N-dealkylation sites (N-methyl/N-ethyl adjacent to an activating group) is 1. The Hall–Kier alpha value is -0.315. The topological polar surface area (TPSA) is 21.7 Å². The number of nitrogens with zero attached hydrogens (tertiary/aromatic N) is 1. The van der Waals surface area contributed by atoms with E-state index in [1.54, 1.807) is 0 Å². The first-order chi connectivity index (χ1) is 8.84. The fourth-order valence-electron chi connectivity index (χ4n) is 3.61. The molecule has 0 aromatic rings. The molecule has 0 saturated carbocycles. The van der Waals surface area contributed by atoms with Crippen molar-refractivity contribution < 1.29 is 9.31 Å². The summed E-state index contributed by atoms with van der Waals surface area (Å²) in [6.07, 6.45) is 6.13. The Morgan fingerprint density at radius 1 is 1.21 bits per heavy atom. The first-order valence-corrected chi connectivity index (χ1v) is 7.66. The summed E-state index contributed by atoms with van der Waals surface area (Å²) >= 11 is 0. The highest BCUT2D eigenvalue weighted by molar-refractivity contribution is 6.54. The second kappa shape index (κ2) is 4.34. The first-order valence-electron chi connectivity index (χ1n) is 7.66. The molecule has 2 atom stereocenters. The molecule has 3 rings (SSSR count). The van der Waals surface area contributed by atoms with Crippen molar-refractivity contribution in [2.24, 2.45) is 0 Å². The molecular formula is C15H26BNO2. The highest BCUT2D eigenvalue weighted by Gasteiger charge is 2.53. The van der Waals surface area contributed by atoms with Crippen LogP contribution in [0.4, 0.5) is 0 Å². The molecule has 2 fully saturated rings. The molecule has 0 aromatic carbocycles. The van der Waals surface area contributed by atoms with E-state index in [1.807, 2.05) is 0 Å². The average Bonchev–Trinajstić information content (AvgIpc) is 2.68. The number of hydrogen-bond acceptors (Lipinski definition) is 3. The van der Waals surface area contributed by atoms with Gasteiger partial charge in [-0.15, -0.1) is 0 Å². The summed E-state index contributed by atoms with van der Waals surface area (Å²) in [6.45, 7) is 11.9. The van der Waals surface area contributed by atoms with Crippen LogP contribution in [0.3, 0.4) is 0 Å². The lowest BCUT2D eigenvalue weighted by Crippen LogP contribution is -2.41. The molecular weight excluding hydrogens is 237 g/mol. The number of hydrogen-bond donors (Lipinski definition) is 0. The van der Waals surface area contributed by atoms with Gasteiger partial charge in [0, 0.05) is 12.1 Å². The van der Waals surface area contributed by atoms with E-state index in [9.17, 15) is 0 Å². The van der Waals surface area contributed by atoms with Crippen LogP contribution >= 0.6 is 0 Å². The molecule has 0 aromatic heterocycles. The Labute approximate surface area is 117 Å². The lowest BCUT2D eigenvalue weighted by atomic mass is 9.73. The molecule has 0 amide bonds. The van der Waals surface area contributed by atoms with Gasteiger partial charge in [-0.25, -0.2) is 0 Å². The molecule has 2 saturated heterocycles. The van der Waals surface area contributed by atoms with Crippen molar-refractivity contribution >= 4 is 7.12 Å². The van der Waals surface area contributed by atoms with Crippen LogP contribution in [0, 0.1) is 0 Å². The van der Waals surface area contributed by atoms with Crippen molar-refractivity contribution in [3.8, 4) is 0 Å². The molecule has 0 unspecified atom stereocenters. The van der Waals surface area contributed by atoms with Gasteiger partial charge in [0.25, 0.3) is 0 Å². The van der Waals surface area contributed by atoms with Gasteiger partial charge in [-0.05, 0) is 59.0 Å². The lowest BCUT2D eigenvalue weighted by Gasteiger charge is -2.33. The second-order valence-electron chi connectivity index (χ2n) is 7.16. The van der Waals surface area contributed by atoms with Crippen LogP contribution in [0.2, 0.25) is 0 Å². The fraction of sp³-hybridized carbons (Fsp3) is 0.867. The summed E-state index contributed by atoms with van der Waals surface area (Å²) < 4.78 is 12.4. The Bertz CT molecular complexity index is 389. The smallest absolute Gasteiger partial charge is 0.400 e. The minimum absolute atomic E-state index is 0.132. The van der Waals surface area contributed by atoms with Crippen molar-refractivity contribution in [2.45, 2.75) is 77.2 Å². The van der Waals surface area contributed by atoms with Gasteiger partial charge >= 0.3 is 7.12 Å². The SMILES string of the molecule is CCN1[C@@H]2CC[C@@H]1C=C(B1OC(C)(C)C(C)(C)O1)C2. The molecule has 4 heteroatoms. The van der Waals surface area contributed by atoms with Crippen molar-refractivity contribution in [1.82, 2.24) is 4.90 Å². The summed E-state index contributed by atoms with van der Waals surface area (Å²) in [6, 6.07) is 1.31. The maximum atomic E-state index is 6.19. The third kappa shape index (κ3) is 2.08. The minimum atomic E-state index is -0.223. The van der Waals surface area contributed by atoms with Gasteiger partial charge in [0.15, 0.2) is 0 Å². The second-order valence-corrected chi connectivity index (χ2v) is 7.16.